The molecule has 3 aromatic rings. The maximum Gasteiger partial charge on any atom is 0.274 e. The molecule has 26 heavy (non-hydrogen) atoms. The van der Waals surface area contributed by atoms with Crippen molar-refractivity contribution < 1.29 is 4.79 Å². The molecule has 132 valence electrons. The van der Waals surface area contributed by atoms with Crippen LogP contribution in [-0.2, 0) is 6.54 Å². The predicted molar refractivity (Wildman–Crippen MR) is 105 cm³/mol. The second-order valence-corrected chi connectivity index (χ2v) is 6.38. The van der Waals surface area contributed by atoms with Gasteiger partial charge in [-0.15, -0.1) is 0 Å². The largest absolute Gasteiger partial charge is 0.355 e. The summed E-state index contributed by atoms with van der Waals surface area (Å²) in [4.78, 5) is 22.9. The maximum absolute atomic E-state index is 12.5. The Bertz CT molecular complexity index is 915. The number of anilines is 2. The molecular formula is C20H19ClN4O. The normalized spacial score (nSPS) is 10.4. The summed E-state index contributed by atoms with van der Waals surface area (Å²) in [6.07, 6.45) is 1.40. The molecule has 0 saturated heterocycles. The van der Waals surface area contributed by atoms with Gasteiger partial charge in [-0.05, 0) is 30.2 Å². The highest BCUT2D eigenvalue weighted by atomic mass is 35.5. The van der Waals surface area contributed by atoms with Gasteiger partial charge in [-0.1, -0.05) is 48.0 Å². The van der Waals surface area contributed by atoms with E-state index >= 15 is 0 Å². The topological polar surface area (TPSA) is 58.1 Å². The second kappa shape index (κ2) is 7.97. The standard InChI is InChI=1S/C20H19ClN4O/c1-14-16(21)9-6-10-17(14)24-20(26)18-11-19(23-13-22-18)25(2)12-15-7-4-3-5-8-15/h3-11,13H,12H2,1-2H3,(H,24,26). The second-order valence-electron chi connectivity index (χ2n) is 5.97. The molecule has 1 aromatic heterocycles. The Balaban J connectivity index is 1.76. The molecule has 6 heteroatoms. The van der Waals surface area contributed by atoms with E-state index in [0.29, 0.717) is 28.8 Å². The number of rotatable bonds is 5. The van der Waals surface area contributed by atoms with Crippen LogP contribution in [0.2, 0.25) is 5.02 Å². The predicted octanol–water partition coefficient (Wildman–Crippen LogP) is 4.33. The van der Waals surface area contributed by atoms with E-state index in [4.69, 9.17) is 11.6 Å². The van der Waals surface area contributed by atoms with E-state index in [9.17, 15) is 4.79 Å². The van der Waals surface area contributed by atoms with Crippen molar-refractivity contribution in [3.8, 4) is 0 Å². The molecule has 0 spiro atoms. The third kappa shape index (κ3) is 4.18. The summed E-state index contributed by atoms with van der Waals surface area (Å²) in [5, 5.41) is 3.46. The van der Waals surface area contributed by atoms with Crippen LogP contribution in [-0.4, -0.2) is 22.9 Å². The van der Waals surface area contributed by atoms with Crippen molar-refractivity contribution in [3.63, 3.8) is 0 Å². The number of hydrogen-bond acceptors (Lipinski definition) is 4. The lowest BCUT2D eigenvalue weighted by Crippen LogP contribution is -2.20. The molecule has 1 amide bonds. The lowest BCUT2D eigenvalue weighted by atomic mass is 10.2. The molecule has 0 unspecified atom stereocenters. The van der Waals surface area contributed by atoms with Gasteiger partial charge in [0.1, 0.15) is 17.8 Å². The molecule has 1 heterocycles. The van der Waals surface area contributed by atoms with Crippen LogP contribution in [0, 0.1) is 6.92 Å². The summed E-state index contributed by atoms with van der Waals surface area (Å²) in [6.45, 7) is 2.54. The zero-order valence-corrected chi connectivity index (χ0v) is 15.4. The van der Waals surface area contributed by atoms with Gasteiger partial charge in [-0.25, -0.2) is 9.97 Å². The summed E-state index contributed by atoms with van der Waals surface area (Å²) in [7, 11) is 1.93. The van der Waals surface area contributed by atoms with E-state index in [1.165, 1.54) is 6.33 Å². The SMILES string of the molecule is Cc1c(Cl)cccc1NC(=O)c1cc(N(C)Cc2ccccc2)ncn1. The van der Waals surface area contributed by atoms with Crippen LogP contribution in [0.25, 0.3) is 0 Å². The van der Waals surface area contributed by atoms with Gasteiger partial charge < -0.3 is 10.2 Å². The van der Waals surface area contributed by atoms with Crippen molar-refractivity contribution in [2.24, 2.45) is 0 Å². The fraction of sp³-hybridized carbons (Fsp3) is 0.150. The Hall–Kier alpha value is -2.92. The van der Waals surface area contributed by atoms with E-state index in [0.717, 1.165) is 11.1 Å². The van der Waals surface area contributed by atoms with Gasteiger partial charge >= 0.3 is 0 Å². The van der Waals surface area contributed by atoms with E-state index < -0.39 is 0 Å². The average molecular weight is 367 g/mol. The quantitative estimate of drug-likeness (QED) is 0.730. The fourth-order valence-electron chi connectivity index (χ4n) is 2.55. The van der Waals surface area contributed by atoms with E-state index in [-0.39, 0.29) is 5.91 Å². The Morgan fingerprint density at radius 3 is 2.65 bits per heavy atom. The Morgan fingerprint density at radius 2 is 1.88 bits per heavy atom. The summed E-state index contributed by atoms with van der Waals surface area (Å²) >= 11 is 6.10. The minimum Gasteiger partial charge on any atom is -0.355 e. The molecule has 2 aromatic carbocycles. The third-order valence-electron chi connectivity index (χ3n) is 4.05. The molecule has 0 saturated carbocycles. The summed E-state index contributed by atoms with van der Waals surface area (Å²) in [5.41, 5.74) is 2.95. The molecule has 0 bridgehead atoms. The summed E-state index contributed by atoms with van der Waals surface area (Å²) in [6, 6.07) is 17.1. The minimum absolute atomic E-state index is 0.299. The number of nitrogens with one attached hydrogen (secondary N) is 1. The average Bonchev–Trinajstić information content (AvgIpc) is 2.66. The van der Waals surface area contributed by atoms with Crippen molar-refractivity contribution >= 4 is 29.0 Å². The van der Waals surface area contributed by atoms with Crippen LogP contribution in [0.15, 0.2) is 60.9 Å². The minimum atomic E-state index is -0.299. The number of aromatic nitrogens is 2. The molecule has 0 radical (unpaired) electrons. The van der Waals surface area contributed by atoms with Crippen LogP contribution >= 0.6 is 11.6 Å². The monoisotopic (exact) mass is 366 g/mol. The first kappa shape index (κ1) is 17.9. The first-order chi connectivity index (χ1) is 12.5. The molecule has 0 fully saturated rings. The summed E-state index contributed by atoms with van der Waals surface area (Å²) in [5.74, 6) is 0.379. The fourth-order valence-corrected chi connectivity index (χ4v) is 2.72. The van der Waals surface area contributed by atoms with Crippen LogP contribution in [0.3, 0.4) is 0 Å². The number of halogens is 1. The zero-order chi connectivity index (χ0) is 18.5. The smallest absolute Gasteiger partial charge is 0.274 e. The number of hydrogen-bond donors (Lipinski definition) is 1. The number of nitrogens with zero attached hydrogens (tertiary/aromatic N) is 3. The third-order valence-corrected chi connectivity index (χ3v) is 4.46. The first-order valence-corrected chi connectivity index (χ1v) is 8.56. The van der Waals surface area contributed by atoms with Crippen LogP contribution in [0.5, 0.6) is 0 Å². The molecule has 5 nitrogen and oxygen atoms in total. The van der Waals surface area contributed by atoms with E-state index in [2.05, 4.69) is 15.3 Å². The van der Waals surface area contributed by atoms with Crippen molar-refractivity contribution in [2.75, 3.05) is 17.3 Å². The number of carbonyl (C=O) groups excluding carboxylic acids is 1. The highest BCUT2D eigenvalue weighted by molar-refractivity contribution is 6.31. The molecule has 0 atom stereocenters. The van der Waals surface area contributed by atoms with E-state index in [1.807, 2.05) is 55.3 Å². The Morgan fingerprint density at radius 1 is 1.12 bits per heavy atom. The lowest BCUT2D eigenvalue weighted by Gasteiger charge is -2.18. The van der Waals surface area contributed by atoms with Gasteiger partial charge in [0.25, 0.3) is 5.91 Å². The van der Waals surface area contributed by atoms with Crippen LogP contribution in [0.1, 0.15) is 21.6 Å². The lowest BCUT2D eigenvalue weighted by molar-refractivity contribution is 0.102. The molecule has 0 aliphatic heterocycles. The van der Waals surface area contributed by atoms with Crippen molar-refractivity contribution in [1.82, 2.24) is 9.97 Å². The maximum atomic E-state index is 12.5. The van der Waals surface area contributed by atoms with Crippen LogP contribution in [0.4, 0.5) is 11.5 Å². The first-order valence-electron chi connectivity index (χ1n) is 8.18. The Labute approximate surface area is 157 Å². The highest BCUT2D eigenvalue weighted by Crippen LogP contribution is 2.23. The summed E-state index contributed by atoms with van der Waals surface area (Å²) < 4.78 is 0. The molecule has 0 aliphatic carbocycles. The van der Waals surface area contributed by atoms with Crippen molar-refractivity contribution in [2.45, 2.75) is 13.5 Å². The van der Waals surface area contributed by atoms with Gasteiger partial charge in [0.15, 0.2) is 0 Å². The van der Waals surface area contributed by atoms with Crippen LogP contribution < -0.4 is 10.2 Å². The number of amides is 1. The zero-order valence-electron chi connectivity index (χ0n) is 14.6. The highest BCUT2D eigenvalue weighted by Gasteiger charge is 2.13. The number of benzene rings is 2. The van der Waals surface area contributed by atoms with Gasteiger partial charge in [-0.2, -0.15) is 0 Å². The van der Waals surface area contributed by atoms with Crippen molar-refractivity contribution in [1.29, 1.82) is 0 Å². The molecular weight excluding hydrogens is 348 g/mol. The van der Waals surface area contributed by atoms with Gasteiger partial charge in [0.05, 0.1) is 0 Å². The molecule has 3 rings (SSSR count). The Kier molecular flexibility index (Phi) is 5.49. The molecule has 0 aliphatic rings. The number of carbonyl (C=O) groups is 1. The van der Waals surface area contributed by atoms with Gasteiger partial charge in [0, 0.05) is 30.4 Å². The van der Waals surface area contributed by atoms with Gasteiger partial charge in [0.2, 0.25) is 0 Å². The van der Waals surface area contributed by atoms with Crippen molar-refractivity contribution in [3.05, 3.63) is 82.8 Å². The van der Waals surface area contributed by atoms with Gasteiger partial charge in [-0.3, -0.25) is 4.79 Å². The molecule has 1 N–H and O–H groups in total. The van der Waals surface area contributed by atoms with E-state index in [1.54, 1.807) is 18.2 Å².